The summed E-state index contributed by atoms with van der Waals surface area (Å²) in [4.78, 5) is 15.9. The van der Waals surface area contributed by atoms with Crippen LogP contribution in [0, 0.1) is 0 Å². The maximum atomic E-state index is 6.85. The maximum Gasteiger partial charge on any atom is 0.170 e. The third kappa shape index (κ3) is 4.46. The lowest BCUT2D eigenvalue weighted by Crippen LogP contribution is -2.04. The zero-order valence-electron chi connectivity index (χ0n) is 29.3. The number of rotatable bonds is 4. The fraction of sp³-hybridized carbons (Fsp3) is 0. The van der Waals surface area contributed by atoms with Crippen LogP contribution in [0.15, 0.2) is 179 Å². The van der Waals surface area contributed by atoms with Crippen molar-refractivity contribution in [2.75, 3.05) is 0 Å². The molecule has 55 heavy (non-hydrogen) atoms. The molecule has 6 heteroatoms. The Kier molecular flexibility index (Phi) is 6.24. The van der Waals surface area contributed by atoms with Crippen LogP contribution in [0.2, 0.25) is 0 Å². The number of aromatic nitrogens is 4. The number of para-hydroxylation sites is 3. The molecule has 0 saturated heterocycles. The molecule has 12 rings (SSSR count). The van der Waals surface area contributed by atoms with Crippen LogP contribution in [0.3, 0.4) is 0 Å². The second-order valence-corrected chi connectivity index (χ2v) is 14.0. The lowest BCUT2D eigenvalue weighted by atomic mass is 10.0. The lowest BCUT2D eigenvalue weighted by molar-refractivity contribution is 0.668. The van der Waals surface area contributed by atoms with Crippen molar-refractivity contribution in [3.63, 3.8) is 0 Å². The third-order valence-electron chi connectivity index (χ3n) is 10.8. The highest BCUT2D eigenvalue weighted by atomic mass is 16.3. The number of hydrogen-bond donors (Lipinski definition) is 0. The molecule has 0 bridgehead atoms. The van der Waals surface area contributed by atoms with E-state index in [1.165, 1.54) is 21.5 Å². The van der Waals surface area contributed by atoms with Crippen LogP contribution < -0.4 is 0 Å². The summed E-state index contributed by atoms with van der Waals surface area (Å²) >= 11 is 0. The highest BCUT2D eigenvalue weighted by molar-refractivity contribution is 6.16. The van der Waals surface area contributed by atoms with E-state index >= 15 is 0 Å². The van der Waals surface area contributed by atoms with Gasteiger partial charge in [-0.25, -0.2) is 15.0 Å². The minimum atomic E-state index is 0.514. The molecule has 12 aromatic rings. The molecule has 0 saturated carbocycles. The molecule has 0 aliphatic heterocycles. The van der Waals surface area contributed by atoms with Gasteiger partial charge in [0.2, 0.25) is 0 Å². The molecule has 0 aliphatic carbocycles. The van der Waals surface area contributed by atoms with Crippen molar-refractivity contribution in [1.82, 2.24) is 19.5 Å². The third-order valence-corrected chi connectivity index (χ3v) is 10.8. The first-order valence-corrected chi connectivity index (χ1v) is 18.4. The Hall–Kier alpha value is -7.57. The lowest BCUT2D eigenvalue weighted by Gasteiger charge is -2.15. The van der Waals surface area contributed by atoms with E-state index in [4.69, 9.17) is 23.8 Å². The summed E-state index contributed by atoms with van der Waals surface area (Å²) in [6, 6.07) is 58.5. The Morgan fingerprint density at radius 1 is 0.400 bits per heavy atom. The predicted molar refractivity (Wildman–Crippen MR) is 223 cm³/mol. The Bertz CT molecular complexity index is 3500. The van der Waals surface area contributed by atoms with Crippen molar-refractivity contribution in [3.05, 3.63) is 170 Å². The smallest absolute Gasteiger partial charge is 0.170 e. The van der Waals surface area contributed by atoms with Crippen LogP contribution in [0.25, 0.3) is 116 Å². The average Bonchev–Trinajstić information content (AvgIpc) is 3.92. The van der Waals surface area contributed by atoms with Crippen molar-refractivity contribution in [1.29, 1.82) is 0 Å². The fourth-order valence-electron chi connectivity index (χ4n) is 8.38. The van der Waals surface area contributed by atoms with Crippen LogP contribution in [0.1, 0.15) is 0 Å². The first-order chi connectivity index (χ1) is 27.3. The molecule has 8 aromatic carbocycles. The Morgan fingerprint density at radius 2 is 1.05 bits per heavy atom. The van der Waals surface area contributed by atoms with Gasteiger partial charge in [-0.1, -0.05) is 121 Å². The highest BCUT2D eigenvalue weighted by Crippen LogP contribution is 2.44. The molecule has 0 N–H and O–H groups in total. The van der Waals surface area contributed by atoms with E-state index < -0.39 is 0 Å². The first kappa shape index (κ1) is 29.9. The second-order valence-electron chi connectivity index (χ2n) is 14.0. The molecule has 6 nitrogen and oxygen atoms in total. The summed E-state index contributed by atoms with van der Waals surface area (Å²) in [5.41, 5.74) is 8.73. The summed E-state index contributed by atoms with van der Waals surface area (Å²) in [6.07, 6.45) is 0. The number of furan rings is 2. The molecule has 0 aliphatic rings. The highest BCUT2D eigenvalue weighted by Gasteiger charge is 2.25. The van der Waals surface area contributed by atoms with E-state index in [0.29, 0.717) is 23.1 Å². The average molecular weight is 705 g/mol. The van der Waals surface area contributed by atoms with Crippen molar-refractivity contribution < 1.29 is 8.83 Å². The van der Waals surface area contributed by atoms with Gasteiger partial charge in [0.15, 0.2) is 17.5 Å². The van der Waals surface area contributed by atoms with Gasteiger partial charge in [0.05, 0.1) is 22.3 Å². The topological polar surface area (TPSA) is 69.9 Å². The summed E-state index contributed by atoms with van der Waals surface area (Å²) in [6.45, 7) is 0. The number of hydrogen-bond acceptors (Lipinski definition) is 5. The molecule has 0 amide bonds. The van der Waals surface area contributed by atoms with Crippen LogP contribution in [-0.4, -0.2) is 19.5 Å². The molecule has 4 heterocycles. The van der Waals surface area contributed by atoms with Gasteiger partial charge in [0.1, 0.15) is 22.3 Å². The zero-order valence-corrected chi connectivity index (χ0v) is 29.3. The number of fused-ring (bicyclic) bond motifs is 10. The monoisotopic (exact) mass is 704 g/mol. The van der Waals surface area contributed by atoms with Gasteiger partial charge in [-0.15, -0.1) is 0 Å². The Morgan fingerprint density at radius 3 is 1.91 bits per heavy atom. The number of benzene rings is 8. The minimum absolute atomic E-state index is 0.514. The van der Waals surface area contributed by atoms with Crippen molar-refractivity contribution in [3.8, 4) is 39.9 Å². The summed E-state index contributed by atoms with van der Waals surface area (Å²) in [7, 11) is 0. The van der Waals surface area contributed by atoms with Crippen molar-refractivity contribution in [2.45, 2.75) is 0 Å². The normalized spacial score (nSPS) is 12.0. The van der Waals surface area contributed by atoms with Gasteiger partial charge in [0.25, 0.3) is 0 Å². The van der Waals surface area contributed by atoms with Crippen LogP contribution in [-0.2, 0) is 0 Å². The fourth-order valence-corrected chi connectivity index (χ4v) is 8.38. The summed E-state index contributed by atoms with van der Waals surface area (Å²) in [5.74, 6) is 1.63. The maximum absolute atomic E-state index is 6.85. The van der Waals surface area contributed by atoms with Crippen LogP contribution >= 0.6 is 0 Å². The molecule has 0 radical (unpaired) electrons. The first-order valence-electron chi connectivity index (χ1n) is 18.4. The van der Waals surface area contributed by atoms with Crippen molar-refractivity contribution >= 4 is 76.5 Å². The molecule has 0 unspecified atom stereocenters. The van der Waals surface area contributed by atoms with E-state index in [9.17, 15) is 0 Å². The molecular weight excluding hydrogens is 677 g/mol. The van der Waals surface area contributed by atoms with Gasteiger partial charge in [-0.2, -0.15) is 0 Å². The molecule has 4 aromatic heterocycles. The molecule has 256 valence electrons. The quantitative estimate of drug-likeness (QED) is 0.182. The Labute approximate surface area is 313 Å². The zero-order chi connectivity index (χ0) is 36.0. The van der Waals surface area contributed by atoms with Gasteiger partial charge < -0.3 is 13.4 Å². The second kappa shape index (κ2) is 11.5. The standard InChI is InChI=1S/C49H28N4O2/c1-2-13-29(14-3-1)47-50-48(36-20-12-24-43-44(36)35-19-8-11-23-42(35)54-43)52-49(51-47)45-39(26-25-34-33-18-7-10-22-41(33)55-46(34)45)53-38-21-9-6-17-32(38)37-27-30-15-4-5-16-31(30)28-40(37)53/h1-28H. The largest absolute Gasteiger partial charge is 0.456 e. The van der Waals surface area contributed by atoms with Gasteiger partial charge in [-0.05, 0) is 59.3 Å². The van der Waals surface area contributed by atoms with E-state index in [-0.39, 0.29) is 0 Å². The van der Waals surface area contributed by atoms with Crippen molar-refractivity contribution in [2.24, 2.45) is 0 Å². The molecule has 0 spiro atoms. The molecule has 0 atom stereocenters. The molecular formula is C49H28N4O2. The van der Waals surface area contributed by atoms with E-state index in [1.807, 2.05) is 78.9 Å². The predicted octanol–water partition coefficient (Wildman–Crippen LogP) is 12.9. The van der Waals surface area contributed by atoms with Gasteiger partial charge >= 0.3 is 0 Å². The van der Waals surface area contributed by atoms with E-state index in [2.05, 4.69) is 95.6 Å². The minimum Gasteiger partial charge on any atom is -0.456 e. The summed E-state index contributed by atoms with van der Waals surface area (Å²) in [5, 5.41) is 8.70. The molecule has 0 fully saturated rings. The Balaban J connectivity index is 1.24. The summed E-state index contributed by atoms with van der Waals surface area (Å²) < 4.78 is 15.5. The van der Waals surface area contributed by atoms with E-state index in [0.717, 1.165) is 71.7 Å². The van der Waals surface area contributed by atoms with E-state index in [1.54, 1.807) is 0 Å². The SMILES string of the molecule is c1ccc(-c2nc(-c3c(-n4c5ccccc5c5cc6ccccc6cc54)ccc4c3oc3ccccc34)nc(-c3cccc4oc5ccccc5c34)n2)cc1. The van der Waals surface area contributed by atoms with Gasteiger partial charge in [0, 0.05) is 43.4 Å². The van der Waals surface area contributed by atoms with Crippen LogP contribution in [0.4, 0.5) is 0 Å². The van der Waals surface area contributed by atoms with Gasteiger partial charge in [-0.3, -0.25) is 0 Å². The number of nitrogens with zero attached hydrogens (tertiary/aromatic N) is 4. The van der Waals surface area contributed by atoms with Crippen LogP contribution in [0.5, 0.6) is 0 Å².